The molecule has 2 rings (SSSR count). The van der Waals surface area contributed by atoms with Gasteiger partial charge in [0.05, 0.1) is 10.7 Å². The molecule has 0 N–H and O–H groups in total. The summed E-state index contributed by atoms with van der Waals surface area (Å²) in [6, 6.07) is 3.52. The quantitative estimate of drug-likeness (QED) is 0.469. The van der Waals surface area contributed by atoms with E-state index in [0.717, 1.165) is 29.1 Å². The fraction of sp³-hybridized carbons (Fsp3) is 0.357. The Labute approximate surface area is 120 Å². The minimum atomic E-state index is 0.0723. The summed E-state index contributed by atoms with van der Waals surface area (Å²) in [5, 5.41) is 0. The molecule has 18 heavy (non-hydrogen) atoms. The van der Waals surface area contributed by atoms with Crippen LogP contribution in [-0.4, -0.2) is 19.5 Å². The van der Waals surface area contributed by atoms with Gasteiger partial charge in [0.1, 0.15) is 6.10 Å². The number of carbonyl (C=O) groups is 1. The molecule has 0 aliphatic heterocycles. The van der Waals surface area contributed by atoms with Gasteiger partial charge in [-0.2, -0.15) is 0 Å². The molecule has 0 unspecified atom stereocenters. The predicted molar refractivity (Wildman–Crippen MR) is 78.5 cm³/mol. The van der Waals surface area contributed by atoms with E-state index in [4.69, 9.17) is 9.47 Å². The molecule has 4 heteroatoms. The van der Waals surface area contributed by atoms with Gasteiger partial charge in [-0.15, -0.1) is 0 Å². The number of allylic oxidation sites excluding steroid dienone is 1. The van der Waals surface area contributed by atoms with Crippen LogP contribution in [0.15, 0.2) is 24.3 Å². The van der Waals surface area contributed by atoms with Crippen molar-refractivity contribution in [3.8, 4) is 11.5 Å². The van der Waals surface area contributed by atoms with Crippen molar-refractivity contribution in [2.45, 2.75) is 25.4 Å². The van der Waals surface area contributed by atoms with E-state index in [2.05, 4.69) is 34.7 Å². The first-order valence-electron chi connectivity index (χ1n) is 5.91. The largest absolute Gasteiger partial charge is 0.493 e. The number of aldehydes is 1. The zero-order valence-electron chi connectivity index (χ0n) is 10.2. The molecule has 0 saturated carbocycles. The van der Waals surface area contributed by atoms with E-state index in [1.807, 2.05) is 0 Å². The van der Waals surface area contributed by atoms with E-state index in [9.17, 15) is 4.79 Å². The van der Waals surface area contributed by atoms with Gasteiger partial charge in [0.25, 0.3) is 0 Å². The number of hydrogen-bond acceptors (Lipinski definition) is 3. The summed E-state index contributed by atoms with van der Waals surface area (Å²) < 4.78 is 12.1. The fourth-order valence-corrected chi connectivity index (χ4v) is 2.65. The molecule has 0 aromatic heterocycles. The van der Waals surface area contributed by atoms with E-state index in [0.29, 0.717) is 17.1 Å². The lowest BCUT2D eigenvalue weighted by Crippen LogP contribution is -2.17. The van der Waals surface area contributed by atoms with Gasteiger partial charge in [-0.05, 0) is 60.1 Å². The maximum absolute atomic E-state index is 11.0. The topological polar surface area (TPSA) is 35.5 Å². The van der Waals surface area contributed by atoms with Crippen molar-refractivity contribution >= 4 is 28.9 Å². The Morgan fingerprint density at radius 2 is 2.28 bits per heavy atom. The molecule has 3 nitrogen and oxygen atoms in total. The average Bonchev–Trinajstić information content (AvgIpc) is 2.42. The molecule has 0 bridgehead atoms. The molecule has 0 amide bonds. The van der Waals surface area contributed by atoms with Crippen LogP contribution in [0.5, 0.6) is 11.5 Å². The summed E-state index contributed by atoms with van der Waals surface area (Å²) in [5.41, 5.74) is 0.631. The monoisotopic (exact) mass is 358 g/mol. The Kier molecular flexibility index (Phi) is 4.63. The predicted octanol–water partition coefficient (Wildman–Crippen LogP) is 3.60. The van der Waals surface area contributed by atoms with Crippen molar-refractivity contribution < 1.29 is 14.3 Å². The second-order valence-electron chi connectivity index (χ2n) is 4.13. The Hall–Kier alpha value is -1.04. The molecule has 0 fully saturated rings. The minimum absolute atomic E-state index is 0.0723. The van der Waals surface area contributed by atoms with Gasteiger partial charge in [0.2, 0.25) is 0 Å². The number of benzene rings is 1. The Morgan fingerprint density at radius 3 is 2.89 bits per heavy atom. The fourth-order valence-electron chi connectivity index (χ4n) is 1.95. The number of carbonyl (C=O) groups excluding carboxylic acids is 1. The van der Waals surface area contributed by atoms with Crippen LogP contribution in [0.3, 0.4) is 0 Å². The number of hydrogen-bond donors (Lipinski definition) is 0. The third kappa shape index (κ3) is 2.85. The molecule has 1 aliphatic rings. The van der Waals surface area contributed by atoms with Crippen molar-refractivity contribution in [3.05, 3.63) is 33.4 Å². The zero-order chi connectivity index (χ0) is 13.0. The molecule has 96 valence electrons. The first-order valence-corrected chi connectivity index (χ1v) is 6.99. The summed E-state index contributed by atoms with van der Waals surface area (Å²) in [5.74, 6) is 1.34. The molecule has 0 heterocycles. The Balaban J connectivity index is 2.31. The Bertz CT molecular complexity index is 468. The summed E-state index contributed by atoms with van der Waals surface area (Å²) >= 11 is 2.13. The van der Waals surface area contributed by atoms with Crippen molar-refractivity contribution in [1.82, 2.24) is 0 Å². The van der Waals surface area contributed by atoms with Crippen molar-refractivity contribution in [2.24, 2.45) is 0 Å². The van der Waals surface area contributed by atoms with Gasteiger partial charge >= 0.3 is 0 Å². The summed E-state index contributed by atoms with van der Waals surface area (Å²) in [7, 11) is 1.61. The van der Waals surface area contributed by atoms with E-state index >= 15 is 0 Å². The second kappa shape index (κ2) is 6.22. The van der Waals surface area contributed by atoms with Crippen LogP contribution in [0.4, 0.5) is 0 Å². The maximum atomic E-state index is 11.0. The minimum Gasteiger partial charge on any atom is -0.493 e. The SMILES string of the molecule is COc1ccc(C=O)c(I)c1O[C@@H]1C=CCCC1. The van der Waals surface area contributed by atoms with E-state index in [1.165, 1.54) is 0 Å². The normalized spacial score (nSPS) is 18.4. The van der Waals surface area contributed by atoms with E-state index in [-0.39, 0.29) is 6.10 Å². The second-order valence-corrected chi connectivity index (χ2v) is 5.21. The number of methoxy groups -OCH3 is 1. The lowest BCUT2D eigenvalue weighted by atomic mass is 10.1. The zero-order valence-corrected chi connectivity index (χ0v) is 12.3. The van der Waals surface area contributed by atoms with Crippen molar-refractivity contribution in [1.29, 1.82) is 0 Å². The van der Waals surface area contributed by atoms with Crippen molar-refractivity contribution in [3.63, 3.8) is 0 Å². The van der Waals surface area contributed by atoms with E-state index in [1.54, 1.807) is 19.2 Å². The number of rotatable bonds is 4. The smallest absolute Gasteiger partial charge is 0.176 e. The lowest BCUT2D eigenvalue weighted by molar-refractivity contribution is 0.112. The van der Waals surface area contributed by atoms with Crippen LogP contribution in [0.2, 0.25) is 0 Å². The number of ether oxygens (including phenoxy) is 2. The highest BCUT2D eigenvalue weighted by molar-refractivity contribution is 14.1. The molecule has 1 aliphatic carbocycles. The molecule has 0 saturated heterocycles. The average molecular weight is 358 g/mol. The number of halogens is 1. The summed E-state index contributed by atoms with van der Waals surface area (Å²) in [4.78, 5) is 11.0. The van der Waals surface area contributed by atoms with Gasteiger partial charge in [0.15, 0.2) is 17.8 Å². The van der Waals surface area contributed by atoms with Crippen LogP contribution in [0.25, 0.3) is 0 Å². The van der Waals surface area contributed by atoms with Gasteiger partial charge in [-0.3, -0.25) is 4.79 Å². The summed E-state index contributed by atoms with van der Waals surface area (Å²) in [6.07, 6.45) is 8.37. The first-order chi connectivity index (χ1) is 8.76. The molecule has 1 aromatic rings. The molecular formula is C14H15IO3. The van der Waals surface area contributed by atoms with Crippen LogP contribution in [0.1, 0.15) is 29.6 Å². The lowest BCUT2D eigenvalue weighted by Gasteiger charge is -2.21. The highest BCUT2D eigenvalue weighted by atomic mass is 127. The molecule has 1 aromatic carbocycles. The summed E-state index contributed by atoms with van der Waals surface area (Å²) in [6.45, 7) is 0. The molecule has 0 spiro atoms. The van der Waals surface area contributed by atoms with Gasteiger partial charge in [0, 0.05) is 5.56 Å². The molecule has 0 radical (unpaired) electrons. The third-order valence-corrected chi connectivity index (χ3v) is 4.03. The standard InChI is InChI=1S/C14H15IO3/c1-17-12-8-7-10(9-16)13(15)14(12)18-11-5-3-2-4-6-11/h3,5,7-9,11H,2,4,6H2,1H3/t11-/m1/s1. The van der Waals surface area contributed by atoms with Crippen LogP contribution < -0.4 is 9.47 Å². The first kappa shape index (κ1) is 13.4. The maximum Gasteiger partial charge on any atom is 0.176 e. The Morgan fingerprint density at radius 1 is 1.44 bits per heavy atom. The van der Waals surface area contributed by atoms with Gasteiger partial charge < -0.3 is 9.47 Å². The van der Waals surface area contributed by atoms with Crippen LogP contribution in [-0.2, 0) is 0 Å². The van der Waals surface area contributed by atoms with Gasteiger partial charge in [-0.25, -0.2) is 0 Å². The van der Waals surface area contributed by atoms with Gasteiger partial charge in [-0.1, -0.05) is 6.08 Å². The molecule has 1 atom stereocenters. The van der Waals surface area contributed by atoms with Crippen LogP contribution in [0, 0.1) is 3.57 Å². The van der Waals surface area contributed by atoms with Crippen molar-refractivity contribution in [2.75, 3.05) is 7.11 Å². The third-order valence-electron chi connectivity index (χ3n) is 2.92. The van der Waals surface area contributed by atoms with Crippen LogP contribution >= 0.6 is 22.6 Å². The molecular weight excluding hydrogens is 343 g/mol. The van der Waals surface area contributed by atoms with E-state index < -0.39 is 0 Å². The highest BCUT2D eigenvalue weighted by Gasteiger charge is 2.17. The highest BCUT2D eigenvalue weighted by Crippen LogP contribution is 2.36.